The van der Waals surface area contributed by atoms with Crippen molar-refractivity contribution < 1.29 is 9.47 Å². The monoisotopic (exact) mass is 314 g/mol. The molecule has 1 aromatic carbocycles. The normalized spacial score (nSPS) is 18.3. The highest BCUT2D eigenvalue weighted by Gasteiger charge is 2.46. The molecule has 3 N–H and O–H groups in total. The lowest BCUT2D eigenvalue weighted by atomic mass is 9.91. The van der Waals surface area contributed by atoms with E-state index >= 15 is 0 Å². The van der Waals surface area contributed by atoms with Gasteiger partial charge in [0.1, 0.15) is 16.0 Å². The molecule has 0 aliphatic heterocycles. The van der Waals surface area contributed by atoms with Gasteiger partial charge in [0.15, 0.2) is 0 Å². The number of nitrogens with one attached hydrogen (secondary N) is 1. The molecule has 1 atom stereocenters. The minimum absolute atomic E-state index is 0.0923. The maximum atomic E-state index is 5.72. The van der Waals surface area contributed by atoms with Gasteiger partial charge in [0.05, 0.1) is 20.3 Å². The molecule has 5 heteroatoms. The van der Waals surface area contributed by atoms with Gasteiger partial charge in [-0.2, -0.15) is 0 Å². The zero-order valence-corrected chi connectivity index (χ0v) is 12.5. The van der Waals surface area contributed by atoms with Gasteiger partial charge in [-0.25, -0.2) is 0 Å². The zero-order valence-electron chi connectivity index (χ0n) is 10.9. The van der Waals surface area contributed by atoms with E-state index in [0.717, 1.165) is 21.5 Å². The van der Waals surface area contributed by atoms with Crippen molar-refractivity contribution in [1.82, 2.24) is 5.43 Å². The number of ether oxygens (including phenoxy) is 2. The van der Waals surface area contributed by atoms with Crippen LogP contribution in [-0.4, -0.2) is 14.2 Å². The quantitative estimate of drug-likeness (QED) is 0.648. The predicted octanol–water partition coefficient (Wildman–Crippen LogP) is 2.77. The fourth-order valence-corrected chi connectivity index (χ4v) is 2.98. The molecule has 0 spiro atoms. The standard InChI is InChI=1S/C13H19BrN2O2/c1-13(6-7-13)12(16-15)8-4-5-9(17-2)10(14)11(8)18-3/h4-5,12,16H,6-7,15H2,1-3H3. The molecule has 1 unspecified atom stereocenters. The van der Waals surface area contributed by atoms with E-state index in [9.17, 15) is 0 Å². The molecule has 1 aliphatic rings. The summed E-state index contributed by atoms with van der Waals surface area (Å²) in [7, 11) is 3.30. The van der Waals surface area contributed by atoms with Gasteiger partial charge >= 0.3 is 0 Å². The second kappa shape index (κ2) is 5.07. The smallest absolute Gasteiger partial charge is 0.141 e. The van der Waals surface area contributed by atoms with Crippen molar-refractivity contribution in [2.75, 3.05) is 14.2 Å². The molecule has 2 rings (SSSR count). The van der Waals surface area contributed by atoms with Gasteiger partial charge in [0.25, 0.3) is 0 Å². The Bertz CT molecular complexity index is 447. The zero-order chi connectivity index (χ0) is 13.3. The van der Waals surface area contributed by atoms with E-state index in [1.54, 1.807) is 14.2 Å². The summed E-state index contributed by atoms with van der Waals surface area (Å²) < 4.78 is 11.6. The topological polar surface area (TPSA) is 56.5 Å². The lowest BCUT2D eigenvalue weighted by Gasteiger charge is -2.26. The van der Waals surface area contributed by atoms with Crippen molar-refractivity contribution in [1.29, 1.82) is 0 Å². The van der Waals surface area contributed by atoms with Crippen LogP contribution in [0.4, 0.5) is 0 Å². The van der Waals surface area contributed by atoms with Crippen molar-refractivity contribution in [3.8, 4) is 11.5 Å². The van der Waals surface area contributed by atoms with Crippen molar-refractivity contribution in [2.24, 2.45) is 11.3 Å². The largest absolute Gasteiger partial charge is 0.495 e. The fourth-order valence-electron chi connectivity index (χ4n) is 2.30. The van der Waals surface area contributed by atoms with Crippen molar-refractivity contribution in [3.63, 3.8) is 0 Å². The van der Waals surface area contributed by atoms with E-state index < -0.39 is 0 Å². The lowest BCUT2D eigenvalue weighted by molar-refractivity contribution is 0.341. The van der Waals surface area contributed by atoms with E-state index in [1.807, 2.05) is 12.1 Å². The Morgan fingerprint density at radius 1 is 1.33 bits per heavy atom. The molecule has 4 nitrogen and oxygen atoms in total. The molecule has 100 valence electrons. The third kappa shape index (κ3) is 2.22. The fraction of sp³-hybridized carbons (Fsp3) is 0.538. The molecule has 0 amide bonds. The van der Waals surface area contributed by atoms with E-state index in [1.165, 1.54) is 12.8 Å². The SMILES string of the molecule is COc1ccc(C(NN)C2(C)CC2)c(OC)c1Br. The Labute approximate surface area is 116 Å². The Kier molecular flexibility index (Phi) is 3.84. The lowest BCUT2D eigenvalue weighted by Crippen LogP contribution is -2.33. The Morgan fingerprint density at radius 2 is 2.00 bits per heavy atom. The first-order chi connectivity index (χ1) is 8.57. The Balaban J connectivity index is 2.46. The van der Waals surface area contributed by atoms with Gasteiger partial charge in [0.2, 0.25) is 0 Å². The van der Waals surface area contributed by atoms with E-state index in [0.29, 0.717) is 0 Å². The summed E-state index contributed by atoms with van der Waals surface area (Å²) in [5.74, 6) is 7.26. The van der Waals surface area contributed by atoms with Crippen molar-refractivity contribution in [3.05, 3.63) is 22.2 Å². The number of benzene rings is 1. The molecule has 1 aliphatic carbocycles. The first-order valence-electron chi connectivity index (χ1n) is 5.94. The summed E-state index contributed by atoms with van der Waals surface area (Å²) in [5, 5.41) is 0. The number of methoxy groups -OCH3 is 2. The molecular formula is C13H19BrN2O2. The Hall–Kier alpha value is -0.780. The molecule has 0 radical (unpaired) electrons. The third-order valence-corrected chi connectivity index (χ3v) is 4.48. The number of rotatable bonds is 5. The third-order valence-electron chi connectivity index (χ3n) is 3.73. The highest BCUT2D eigenvalue weighted by atomic mass is 79.9. The van der Waals surface area contributed by atoms with Gasteiger partial charge in [-0.15, -0.1) is 0 Å². The summed E-state index contributed by atoms with van der Waals surface area (Å²) in [5.41, 5.74) is 4.20. The van der Waals surface area contributed by atoms with Crippen molar-refractivity contribution in [2.45, 2.75) is 25.8 Å². The second-order valence-corrected chi connectivity index (χ2v) is 5.75. The average Bonchev–Trinajstić information content (AvgIpc) is 3.09. The molecule has 1 saturated carbocycles. The highest BCUT2D eigenvalue weighted by Crippen LogP contribution is 2.56. The maximum absolute atomic E-state index is 5.72. The molecular weight excluding hydrogens is 296 g/mol. The van der Waals surface area contributed by atoms with E-state index in [4.69, 9.17) is 15.3 Å². The number of hydrazine groups is 1. The van der Waals surface area contributed by atoms with Gasteiger partial charge in [-0.05, 0) is 46.3 Å². The minimum atomic E-state index is 0.0923. The first kappa shape index (κ1) is 13.6. The van der Waals surface area contributed by atoms with Gasteiger partial charge in [0, 0.05) is 5.56 Å². The van der Waals surface area contributed by atoms with Crippen LogP contribution in [0.1, 0.15) is 31.4 Å². The van der Waals surface area contributed by atoms with Crippen LogP contribution in [0.2, 0.25) is 0 Å². The number of halogens is 1. The first-order valence-corrected chi connectivity index (χ1v) is 6.73. The van der Waals surface area contributed by atoms with Crippen molar-refractivity contribution >= 4 is 15.9 Å². The molecule has 0 saturated heterocycles. The average molecular weight is 315 g/mol. The minimum Gasteiger partial charge on any atom is -0.495 e. The van der Waals surface area contributed by atoms with Gasteiger partial charge in [-0.1, -0.05) is 6.92 Å². The summed E-state index contributed by atoms with van der Waals surface area (Å²) in [6.07, 6.45) is 2.35. The number of hydrogen-bond acceptors (Lipinski definition) is 4. The summed E-state index contributed by atoms with van der Waals surface area (Å²) in [6.45, 7) is 2.23. The van der Waals surface area contributed by atoms with Crippen LogP contribution in [-0.2, 0) is 0 Å². The predicted molar refractivity (Wildman–Crippen MR) is 74.7 cm³/mol. The molecule has 0 aromatic heterocycles. The molecule has 1 fully saturated rings. The van der Waals surface area contributed by atoms with Gasteiger partial charge < -0.3 is 9.47 Å². The van der Waals surface area contributed by atoms with Crippen LogP contribution < -0.4 is 20.7 Å². The van der Waals surface area contributed by atoms with E-state index in [-0.39, 0.29) is 11.5 Å². The summed E-state index contributed by atoms with van der Waals surface area (Å²) in [6, 6.07) is 4.03. The molecule has 18 heavy (non-hydrogen) atoms. The van der Waals surface area contributed by atoms with E-state index in [2.05, 4.69) is 28.3 Å². The van der Waals surface area contributed by atoms with Crippen LogP contribution in [0, 0.1) is 5.41 Å². The van der Waals surface area contributed by atoms with Crippen LogP contribution >= 0.6 is 15.9 Å². The van der Waals surface area contributed by atoms with Crippen LogP contribution in [0.3, 0.4) is 0 Å². The maximum Gasteiger partial charge on any atom is 0.141 e. The van der Waals surface area contributed by atoms with Crippen LogP contribution in [0.5, 0.6) is 11.5 Å². The van der Waals surface area contributed by atoms with Crippen LogP contribution in [0.25, 0.3) is 0 Å². The molecule has 0 bridgehead atoms. The second-order valence-electron chi connectivity index (χ2n) is 4.96. The van der Waals surface area contributed by atoms with Gasteiger partial charge in [-0.3, -0.25) is 11.3 Å². The molecule has 0 heterocycles. The molecule has 1 aromatic rings. The van der Waals surface area contributed by atoms with Crippen LogP contribution in [0.15, 0.2) is 16.6 Å². The number of nitrogens with two attached hydrogens (primary N) is 1. The summed E-state index contributed by atoms with van der Waals surface area (Å²) >= 11 is 3.52. The highest BCUT2D eigenvalue weighted by molar-refractivity contribution is 9.10. The summed E-state index contributed by atoms with van der Waals surface area (Å²) in [4.78, 5) is 0. The Morgan fingerprint density at radius 3 is 2.44 bits per heavy atom. The number of hydrogen-bond donors (Lipinski definition) is 2.